The molecule has 0 saturated carbocycles. The van der Waals surface area contributed by atoms with Gasteiger partial charge in [-0.05, 0) is 17.4 Å². The van der Waals surface area contributed by atoms with Crippen molar-refractivity contribution in [2.75, 3.05) is 7.05 Å². The van der Waals surface area contributed by atoms with Gasteiger partial charge in [-0.3, -0.25) is 0 Å². The van der Waals surface area contributed by atoms with Crippen molar-refractivity contribution < 1.29 is 0 Å². The first-order valence-corrected chi connectivity index (χ1v) is 6.11. The molecule has 0 aliphatic heterocycles. The van der Waals surface area contributed by atoms with Gasteiger partial charge in [-0.15, -0.1) is 0 Å². The second kappa shape index (κ2) is 13.1. The molecule has 0 aliphatic rings. The van der Waals surface area contributed by atoms with E-state index in [0.29, 0.717) is 5.82 Å². The van der Waals surface area contributed by atoms with E-state index in [-0.39, 0.29) is 0 Å². The van der Waals surface area contributed by atoms with Gasteiger partial charge in [0.15, 0.2) is 0 Å². The van der Waals surface area contributed by atoms with E-state index in [1.165, 1.54) is 5.22 Å². The second-order valence-corrected chi connectivity index (χ2v) is 3.17. The summed E-state index contributed by atoms with van der Waals surface area (Å²) in [6.45, 7) is 13.3. The first-order chi connectivity index (χ1) is 8.61. The van der Waals surface area contributed by atoms with E-state index < -0.39 is 0 Å². The van der Waals surface area contributed by atoms with Crippen LogP contribution in [0.3, 0.4) is 0 Å². The van der Waals surface area contributed by atoms with Crippen LogP contribution >= 0.6 is 0 Å². The fourth-order valence-corrected chi connectivity index (χ4v) is 0.897. The number of rotatable bonds is 2. The Morgan fingerprint density at radius 2 is 1.78 bits per heavy atom. The highest BCUT2D eigenvalue weighted by molar-refractivity contribution is 5.37. The fraction of sp³-hybridized carbons (Fsp3) is 0.250. The molecule has 3 N–H and O–H groups in total. The maximum atomic E-state index is 4.99. The van der Waals surface area contributed by atoms with Crippen LogP contribution in [-0.2, 0) is 0 Å². The average Bonchev–Trinajstić information content (AvgIpc) is 2.41. The van der Waals surface area contributed by atoms with Gasteiger partial charge in [-0.25, -0.2) is 0 Å². The van der Waals surface area contributed by atoms with Gasteiger partial charge in [0.2, 0.25) is 0 Å². The zero-order valence-electron chi connectivity index (χ0n) is 12.0. The third-order valence-electron chi connectivity index (χ3n) is 1.84. The summed E-state index contributed by atoms with van der Waals surface area (Å²) >= 11 is 0. The molecule has 0 radical (unpaired) electrons. The summed E-state index contributed by atoms with van der Waals surface area (Å²) < 4.78 is 0. The smallest absolute Gasteiger partial charge is 0.0883 e. The number of hydrogen-bond acceptors (Lipinski definition) is 2. The highest BCUT2D eigenvalue weighted by Gasteiger charge is 1.76. The Bertz CT molecular complexity index is 444. The number of benzene rings is 1. The highest BCUT2D eigenvalue weighted by atomic mass is 14.9. The normalized spacial score (nSPS) is 9.89. The molecular weight excluding hydrogens is 220 g/mol. The molecule has 0 spiro atoms. The van der Waals surface area contributed by atoms with E-state index in [4.69, 9.17) is 5.73 Å². The average molecular weight is 246 g/mol. The minimum atomic E-state index is 0.505. The van der Waals surface area contributed by atoms with Crippen LogP contribution in [0.5, 0.6) is 0 Å². The molecule has 1 aromatic carbocycles. The van der Waals surface area contributed by atoms with Crippen LogP contribution < -0.4 is 21.5 Å². The topological polar surface area (TPSA) is 38.0 Å². The van der Waals surface area contributed by atoms with Gasteiger partial charge in [0.05, 0.1) is 5.82 Å². The lowest BCUT2D eigenvalue weighted by Crippen LogP contribution is -2.21. The van der Waals surface area contributed by atoms with Crippen molar-refractivity contribution in [2.24, 2.45) is 5.73 Å². The molecule has 0 aliphatic carbocycles. The molecular formula is C16H26N2. The van der Waals surface area contributed by atoms with Crippen LogP contribution in [0.25, 0.3) is 12.7 Å². The molecule has 0 fully saturated rings. The number of hydrogen-bond donors (Lipinski definition) is 2. The van der Waals surface area contributed by atoms with Crippen LogP contribution in [0.2, 0.25) is 0 Å². The Labute approximate surface area is 111 Å². The monoisotopic (exact) mass is 246 g/mol. The Morgan fingerprint density at radius 1 is 1.28 bits per heavy atom. The first-order valence-electron chi connectivity index (χ1n) is 6.11. The van der Waals surface area contributed by atoms with Crippen LogP contribution in [0.15, 0.2) is 48.8 Å². The standard InChI is InChI=1S/C11H12.C3H8N2.C2H6/c1-3-4-8-11-9-6-5-7-10(11)2;1-3(4)5-2;1-2/h3-9H,2H2,1H3;5H,1,4H2,2H3;1-2H3/b4-3+,11-8-;;. The maximum absolute atomic E-state index is 4.99. The molecule has 2 nitrogen and oxygen atoms in total. The van der Waals surface area contributed by atoms with Crippen molar-refractivity contribution >= 4 is 12.7 Å². The van der Waals surface area contributed by atoms with Crippen molar-refractivity contribution in [3.05, 3.63) is 59.3 Å². The summed E-state index contributed by atoms with van der Waals surface area (Å²) in [6, 6.07) is 8.08. The van der Waals surface area contributed by atoms with Gasteiger partial charge >= 0.3 is 0 Å². The van der Waals surface area contributed by atoms with Gasteiger partial charge < -0.3 is 11.1 Å². The van der Waals surface area contributed by atoms with E-state index in [1.807, 2.05) is 51.1 Å². The quantitative estimate of drug-likeness (QED) is 0.839. The molecule has 0 amide bonds. The third-order valence-corrected chi connectivity index (χ3v) is 1.84. The number of allylic oxidation sites excluding steroid dienone is 2. The molecule has 0 aromatic heterocycles. The summed E-state index contributed by atoms with van der Waals surface area (Å²) in [6.07, 6.45) is 6.08. The van der Waals surface area contributed by atoms with Crippen molar-refractivity contribution in [3.8, 4) is 0 Å². The molecule has 100 valence electrons. The van der Waals surface area contributed by atoms with Crippen molar-refractivity contribution in [1.82, 2.24) is 5.32 Å². The van der Waals surface area contributed by atoms with E-state index in [2.05, 4.69) is 30.6 Å². The first kappa shape index (κ1) is 18.4. The lowest BCUT2D eigenvalue weighted by atomic mass is 10.2. The third kappa shape index (κ3) is 10.6. The minimum absolute atomic E-state index is 0.505. The van der Waals surface area contributed by atoms with Crippen LogP contribution in [0.4, 0.5) is 0 Å². The van der Waals surface area contributed by atoms with Crippen LogP contribution in [0, 0.1) is 0 Å². The fourth-order valence-electron chi connectivity index (χ4n) is 0.897. The number of nitrogens with one attached hydrogen (secondary N) is 1. The summed E-state index contributed by atoms with van der Waals surface area (Å²) in [5.41, 5.74) is 4.99. The van der Waals surface area contributed by atoms with Gasteiger partial charge in [0.25, 0.3) is 0 Å². The molecule has 0 unspecified atom stereocenters. The lowest BCUT2D eigenvalue weighted by molar-refractivity contribution is 0.974. The molecule has 0 saturated heterocycles. The molecule has 0 bridgehead atoms. The summed E-state index contributed by atoms with van der Waals surface area (Å²) in [5, 5.41) is 4.87. The van der Waals surface area contributed by atoms with Gasteiger partial charge in [-0.2, -0.15) is 0 Å². The van der Waals surface area contributed by atoms with E-state index in [0.717, 1.165) is 5.22 Å². The van der Waals surface area contributed by atoms with E-state index in [9.17, 15) is 0 Å². The second-order valence-electron chi connectivity index (χ2n) is 3.17. The number of nitrogens with two attached hydrogens (primary N) is 1. The lowest BCUT2D eigenvalue weighted by Gasteiger charge is -1.88. The zero-order valence-corrected chi connectivity index (χ0v) is 12.0. The summed E-state index contributed by atoms with van der Waals surface area (Å²) in [4.78, 5) is 0. The van der Waals surface area contributed by atoms with Gasteiger partial charge in [0, 0.05) is 7.05 Å². The molecule has 1 rings (SSSR count). The molecule has 1 aromatic rings. The Balaban J connectivity index is 0. The minimum Gasteiger partial charge on any atom is -0.386 e. The van der Waals surface area contributed by atoms with Crippen molar-refractivity contribution in [3.63, 3.8) is 0 Å². The van der Waals surface area contributed by atoms with Crippen molar-refractivity contribution in [1.29, 1.82) is 0 Å². The Hall–Kier alpha value is -1.96. The SMILES string of the molecule is C=C(N)NC.C=c1cccc/c1=C/C=C/C.CC. The van der Waals surface area contributed by atoms with Gasteiger partial charge in [0.1, 0.15) is 0 Å². The van der Waals surface area contributed by atoms with Gasteiger partial charge in [-0.1, -0.05) is 69.5 Å². The van der Waals surface area contributed by atoms with Crippen molar-refractivity contribution in [2.45, 2.75) is 20.8 Å². The predicted octanol–water partition coefficient (Wildman–Crippen LogP) is 2.12. The maximum Gasteiger partial charge on any atom is 0.0883 e. The summed E-state index contributed by atoms with van der Waals surface area (Å²) in [5.74, 6) is 0.505. The molecule has 2 heteroatoms. The van der Waals surface area contributed by atoms with Crippen LogP contribution in [-0.4, -0.2) is 7.05 Å². The largest absolute Gasteiger partial charge is 0.386 e. The predicted molar refractivity (Wildman–Crippen MR) is 84.2 cm³/mol. The highest BCUT2D eigenvalue weighted by Crippen LogP contribution is 1.73. The molecule has 18 heavy (non-hydrogen) atoms. The van der Waals surface area contributed by atoms with E-state index >= 15 is 0 Å². The van der Waals surface area contributed by atoms with E-state index in [1.54, 1.807) is 7.05 Å². The zero-order chi connectivity index (χ0) is 14.4. The summed E-state index contributed by atoms with van der Waals surface area (Å²) in [7, 11) is 1.72. The Kier molecular flexibility index (Phi) is 13.4. The van der Waals surface area contributed by atoms with Crippen LogP contribution in [0.1, 0.15) is 20.8 Å². The Morgan fingerprint density at radius 3 is 2.17 bits per heavy atom. The molecule has 0 heterocycles. The molecule has 0 atom stereocenters.